The van der Waals surface area contributed by atoms with Crippen LogP contribution in [0.5, 0.6) is 0 Å². The number of fused-ring (bicyclic) bond motifs is 1. The molecular weight excluding hydrogens is 386 g/mol. The smallest absolute Gasteiger partial charge is 0.223 e. The van der Waals surface area contributed by atoms with Gasteiger partial charge in [0.15, 0.2) is 0 Å². The molecular formula is C25H37N5O. The maximum atomic E-state index is 12.7. The molecule has 1 aromatic carbocycles. The molecule has 1 saturated carbocycles. The first kappa shape index (κ1) is 20.8. The van der Waals surface area contributed by atoms with Crippen LogP contribution in [0.1, 0.15) is 63.8 Å². The second-order valence-corrected chi connectivity index (χ2v) is 9.66. The van der Waals surface area contributed by atoms with Gasteiger partial charge >= 0.3 is 0 Å². The minimum atomic E-state index is 0.141. The Morgan fingerprint density at radius 1 is 0.935 bits per heavy atom. The molecule has 1 aromatic heterocycles. The van der Waals surface area contributed by atoms with Crippen molar-refractivity contribution in [3.8, 4) is 0 Å². The third-order valence-corrected chi connectivity index (χ3v) is 7.59. The first-order valence-corrected chi connectivity index (χ1v) is 12.5. The molecule has 31 heavy (non-hydrogen) atoms. The zero-order valence-electron chi connectivity index (χ0n) is 18.8. The molecule has 6 heteroatoms. The predicted octanol–water partition coefficient (Wildman–Crippen LogP) is 3.97. The summed E-state index contributed by atoms with van der Waals surface area (Å²) in [6, 6.07) is 9.14. The number of aromatic nitrogens is 2. The summed E-state index contributed by atoms with van der Waals surface area (Å²) in [7, 11) is 0. The van der Waals surface area contributed by atoms with Crippen molar-refractivity contribution in [3.63, 3.8) is 0 Å². The van der Waals surface area contributed by atoms with Gasteiger partial charge in [-0.25, -0.2) is 4.98 Å². The summed E-state index contributed by atoms with van der Waals surface area (Å²) >= 11 is 0. The lowest BCUT2D eigenvalue weighted by molar-refractivity contribution is -0.125. The largest absolute Gasteiger partial charge is 0.355 e. The number of hydrogen-bond acceptors (Lipinski definition) is 4. The average molecular weight is 424 g/mol. The molecule has 2 saturated heterocycles. The van der Waals surface area contributed by atoms with Crippen LogP contribution in [-0.4, -0.2) is 59.6 Å². The molecule has 0 atom stereocenters. The van der Waals surface area contributed by atoms with Crippen LogP contribution in [0, 0.1) is 5.92 Å². The molecule has 5 rings (SSSR count). The van der Waals surface area contributed by atoms with Crippen LogP contribution in [0.15, 0.2) is 24.3 Å². The second-order valence-electron chi connectivity index (χ2n) is 9.66. The van der Waals surface area contributed by atoms with Crippen molar-refractivity contribution in [1.29, 1.82) is 0 Å². The molecule has 0 spiro atoms. The van der Waals surface area contributed by atoms with E-state index in [1.54, 1.807) is 0 Å². The average Bonchev–Trinajstić information content (AvgIpc) is 3.47. The zero-order valence-corrected chi connectivity index (χ0v) is 18.8. The maximum absolute atomic E-state index is 12.7. The topological polar surface area (TPSA) is 53.4 Å². The molecule has 3 aliphatic rings. The number of imidazole rings is 1. The van der Waals surface area contributed by atoms with Gasteiger partial charge in [0.1, 0.15) is 0 Å². The Morgan fingerprint density at radius 2 is 1.68 bits per heavy atom. The van der Waals surface area contributed by atoms with Crippen molar-refractivity contribution >= 4 is 22.9 Å². The minimum Gasteiger partial charge on any atom is -0.355 e. The van der Waals surface area contributed by atoms with Crippen molar-refractivity contribution in [1.82, 2.24) is 19.8 Å². The van der Waals surface area contributed by atoms with Gasteiger partial charge in [0.05, 0.1) is 11.0 Å². The number of likely N-dealkylation sites (tertiary alicyclic amines) is 1. The number of para-hydroxylation sites is 2. The summed E-state index contributed by atoms with van der Waals surface area (Å²) in [5, 5.41) is 3.20. The van der Waals surface area contributed by atoms with Gasteiger partial charge in [-0.15, -0.1) is 0 Å². The molecule has 0 bridgehead atoms. The number of piperidine rings is 1. The molecule has 1 amide bonds. The number of carbonyl (C=O) groups excluding carboxylic acids is 1. The van der Waals surface area contributed by atoms with Gasteiger partial charge in [0, 0.05) is 38.1 Å². The van der Waals surface area contributed by atoms with E-state index in [1.807, 2.05) is 0 Å². The summed E-state index contributed by atoms with van der Waals surface area (Å²) in [4.78, 5) is 22.6. The lowest BCUT2D eigenvalue weighted by atomic mass is 9.94. The third-order valence-electron chi connectivity index (χ3n) is 7.59. The van der Waals surface area contributed by atoms with Gasteiger partial charge in [-0.3, -0.25) is 4.79 Å². The van der Waals surface area contributed by atoms with E-state index in [4.69, 9.17) is 4.98 Å². The fourth-order valence-electron chi connectivity index (χ4n) is 5.78. The van der Waals surface area contributed by atoms with Crippen LogP contribution in [0.4, 0.5) is 5.95 Å². The van der Waals surface area contributed by atoms with E-state index in [0.717, 1.165) is 50.5 Å². The van der Waals surface area contributed by atoms with Crippen molar-refractivity contribution in [2.24, 2.45) is 5.92 Å². The molecule has 3 heterocycles. The number of anilines is 1. The quantitative estimate of drug-likeness (QED) is 0.764. The van der Waals surface area contributed by atoms with Crippen molar-refractivity contribution in [2.75, 3.05) is 44.2 Å². The van der Waals surface area contributed by atoms with Gasteiger partial charge in [-0.2, -0.15) is 0 Å². The zero-order chi connectivity index (χ0) is 21.0. The number of nitrogens with one attached hydrogen (secondary N) is 1. The lowest BCUT2D eigenvalue weighted by Crippen LogP contribution is -2.43. The summed E-state index contributed by atoms with van der Waals surface area (Å²) < 4.78 is 2.52. The molecule has 2 aromatic rings. The Labute approximate surface area is 186 Å². The van der Waals surface area contributed by atoms with Crippen LogP contribution in [0.3, 0.4) is 0 Å². The highest BCUT2D eigenvalue weighted by molar-refractivity contribution is 5.80. The molecule has 1 aliphatic carbocycles. The van der Waals surface area contributed by atoms with E-state index in [-0.39, 0.29) is 11.8 Å². The Bertz CT molecular complexity index is 873. The second kappa shape index (κ2) is 9.60. The Hall–Kier alpha value is -2.08. The van der Waals surface area contributed by atoms with E-state index < -0.39 is 0 Å². The van der Waals surface area contributed by atoms with Gasteiger partial charge in [0.25, 0.3) is 0 Å². The van der Waals surface area contributed by atoms with Crippen LogP contribution < -0.4 is 10.2 Å². The summed E-state index contributed by atoms with van der Waals surface area (Å²) in [6.45, 7) is 6.00. The first-order chi connectivity index (χ1) is 15.3. The Kier molecular flexibility index (Phi) is 6.44. The van der Waals surface area contributed by atoms with Crippen molar-refractivity contribution < 1.29 is 4.79 Å². The van der Waals surface area contributed by atoms with Gasteiger partial charge in [0.2, 0.25) is 11.9 Å². The van der Waals surface area contributed by atoms with E-state index in [9.17, 15) is 4.79 Å². The Morgan fingerprint density at radius 3 is 2.45 bits per heavy atom. The minimum absolute atomic E-state index is 0.141. The monoisotopic (exact) mass is 423 g/mol. The SMILES string of the molecule is O=C(NCCN1CCCC1)C1CCN(c2nc3ccccc3n2C2CCCCC2)CC1. The summed E-state index contributed by atoms with van der Waals surface area (Å²) in [5.74, 6) is 1.52. The molecule has 2 aliphatic heterocycles. The molecule has 0 radical (unpaired) electrons. The van der Waals surface area contributed by atoms with Crippen molar-refractivity contribution in [2.45, 2.75) is 63.8 Å². The number of benzene rings is 1. The molecule has 3 fully saturated rings. The van der Waals surface area contributed by atoms with E-state index in [2.05, 4.69) is 43.9 Å². The van der Waals surface area contributed by atoms with Crippen LogP contribution in [0.25, 0.3) is 11.0 Å². The number of hydrogen-bond donors (Lipinski definition) is 1. The highest BCUT2D eigenvalue weighted by Crippen LogP contribution is 2.36. The molecule has 168 valence electrons. The predicted molar refractivity (Wildman–Crippen MR) is 125 cm³/mol. The fourth-order valence-corrected chi connectivity index (χ4v) is 5.78. The van der Waals surface area contributed by atoms with Crippen molar-refractivity contribution in [3.05, 3.63) is 24.3 Å². The maximum Gasteiger partial charge on any atom is 0.223 e. The highest BCUT2D eigenvalue weighted by atomic mass is 16.1. The number of carbonyl (C=O) groups is 1. The first-order valence-electron chi connectivity index (χ1n) is 12.5. The summed E-state index contributed by atoms with van der Waals surface area (Å²) in [6.07, 6.45) is 10.9. The van der Waals surface area contributed by atoms with Crippen LogP contribution in [-0.2, 0) is 4.79 Å². The number of nitrogens with zero attached hydrogens (tertiary/aromatic N) is 4. The Balaban J connectivity index is 1.22. The molecule has 1 N–H and O–H groups in total. The van der Waals surface area contributed by atoms with Gasteiger partial charge in [-0.1, -0.05) is 31.4 Å². The normalized spacial score (nSPS) is 21.7. The lowest BCUT2D eigenvalue weighted by Gasteiger charge is -2.34. The number of amides is 1. The van der Waals surface area contributed by atoms with Gasteiger partial charge < -0.3 is 19.7 Å². The van der Waals surface area contributed by atoms with E-state index in [1.165, 1.54) is 63.6 Å². The van der Waals surface area contributed by atoms with E-state index in [0.29, 0.717) is 6.04 Å². The fraction of sp³-hybridized carbons (Fsp3) is 0.680. The third kappa shape index (κ3) is 4.59. The van der Waals surface area contributed by atoms with Gasteiger partial charge in [-0.05, 0) is 63.7 Å². The molecule has 6 nitrogen and oxygen atoms in total. The standard InChI is InChI=1S/C25H37N5O/c31-24(26-14-19-28-15-6-7-16-28)20-12-17-29(18-13-20)25-27-22-10-4-5-11-23(22)30(25)21-8-2-1-3-9-21/h4-5,10-11,20-21H,1-3,6-9,12-19H2,(H,26,31). The van der Waals surface area contributed by atoms with E-state index >= 15 is 0 Å². The summed E-state index contributed by atoms with van der Waals surface area (Å²) in [5.41, 5.74) is 2.37. The van der Waals surface area contributed by atoms with Crippen LogP contribution in [0.2, 0.25) is 0 Å². The highest BCUT2D eigenvalue weighted by Gasteiger charge is 2.29. The van der Waals surface area contributed by atoms with Crippen LogP contribution >= 0.6 is 0 Å². The number of rotatable bonds is 6. The molecule has 0 unspecified atom stereocenters.